The molecule has 1 amide bonds. The van der Waals surface area contributed by atoms with Crippen LogP contribution in [0.15, 0.2) is 82.5 Å². The number of ether oxygens (including phenoxy) is 1. The maximum Gasteiger partial charge on any atom is 0.338 e. The molecule has 11 heteroatoms. The zero-order chi connectivity index (χ0) is 31.7. The highest BCUT2D eigenvalue weighted by molar-refractivity contribution is 7.92. The van der Waals surface area contributed by atoms with Gasteiger partial charge in [-0.1, -0.05) is 51.1 Å². The van der Waals surface area contributed by atoms with Crippen molar-refractivity contribution in [1.29, 1.82) is 0 Å². The van der Waals surface area contributed by atoms with Crippen LogP contribution in [0.2, 0.25) is 0 Å². The normalized spacial score (nSPS) is 12.4. The third kappa shape index (κ3) is 6.72. The van der Waals surface area contributed by atoms with Crippen molar-refractivity contribution in [2.24, 2.45) is 7.05 Å². The van der Waals surface area contributed by atoms with Crippen molar-refractivity contribution in [3.63, 3.8) is 0 Å². The van der Waals surface area contributed by atoms with Gasteiger partial charge in [-0.3, -0.25) is 19.0 Å². The minimum absolute atomic E-state index is 0.0826. The lowest BCUT2D eigenvalue weighted by atomic mass is 9.87. The highest BCUT2D eigenvalue weighted by Crippen LogP contribution is 2.28. The number of nitrogens with zero attached hydrogens (tertiary/aromatic N) is 2. The molecule has 1 aromatic heterocycles. The molecular weight excluding hydrogens is 568 g/mol. The first-order chi connectivity index (χ1) is 20.1. The van der Waals surface area contributed by atoms with Crippen molar-refractivity contribution < 1.29 is 22.7 Å². The molecule has 1 heterocycles. The van der Waals surface area contributed by atoms with Crippen LogP contribution in [-0.2, 0) is 32.0 Å². The number of aromatic nitrogens is 2. The van der Waals surface area contributed by atoms with Gasteiger partial charge in [-0.05, 0) is 79.8 Å². The molecule has 2 N–H and O–H groups in total. The van der Waals surface area contributed by atoms with E-state index in [9.17, 15) is 22.8 Å². The number of esters is 1. The predicted molar refractivity (Wildman–Crippen MR) is 166 cm³/mol. The highest BCUT2D eigenvalue weighted by Gasteiger charge is 2.25. The third-order valence-electron chi connectivity index (χ3n) is 7.17. The Hall–Kier alpha value is -4.64. The summed E-state index contributed by atoms with van der Waals surface area (Å²) in [5, 5.41) is 2.59. The number of nitrogens with one attached hydrogen (secondary N) is 2. The van der Waals surface area contributed by atoms with E-state index in [0.717, 1.165) is 5.56 Å². The van der Waals surface area contributed by atoms with Crippen molar-refractivity contribution in [2.45, 2.75) is 58.0 Å². The van der Waals surface area contributed by atoms with Gasteiger partial charge in [-0.2, -0.15) is 0 Å². The molecule has 0 aliphatic carbocycles. The van der Waals surface area contributed by atoms with Crippen LogP contribution < -0.4 is 15.6 Å². The van der Waals surface area contributed by atoms with Crippen LogP contribution in [0, 0.1) is 13.8 Å². The third-order valence-corrected chi connectivity index (χ3v) is 8.70. The molecule has 10 nitrogen and oxygen atoms in total. The molecular formula is C32H36N4O6S. The fraction of sp³-hybridized carbons (Fsp3) is 0.281. The van der Waals surface area contributed by atoms with Crippen LogP contribution in [0.5, 0.6) is 0 Å². The number of hydrogen-bond acceptors (Lipinski definition) is 6. The van der Waals surface area contributed by atoms with Crippen LogP contribution in [0.1, 0.15) is 54.9 Å². The zero-order valence-electron chi connectivity index (χ0n) is 25.3. The summed E-state index contributed by atoms with van der Waals surface area (Å²) in [5.41, 5.74) is 2.48. The van der Waals surface area contributed by atoms with Crippen molar-refractivity contribution in [3.05, 3.63) is 106 Å². The molecule has 1 unspecified atom stereocenters. The van der Waals surface area contributed by atoms with E-state index in [1.807, 2.05) is 32.9 Å². The average Bonchev–Trinajstić information content (AvgIpc) is 3.15. The van der Waals surface area contributed by atoms with E-state index in [2.05, 4.69) is 10.0 Å². The topological polar surface area (TPSA) is 128 Å². The fourth-order valence-electron chi connectivity index (χ4n) is 4.46. The summed E-state index contributed by atoms with van der Waals surface area (Å²) >= 11 is 0. The highest BCUT2D eigenvalue weighted by atomic mass is 32.2. The minimum Gasteiger partial charge on any atom is -0.449 e. The lowest BCUT2D eigenvalue weighted by Gasteiger charge is -2.21. The Kier molecular flexibility index (Phi) is 8.68. The number of hydrogen-bond donors (Lipinski definition) is 2. The predicted octanol–water partition coefficient (Wildman–Crippen LogP) is 5.08. The van der Waals surface area contributed by atoms with Gasteiger partial charge in [0.15, 0.2) is 6.10 Å². The molecule has 0 fully saturated rings. The van der Waals surface area contributed by atoms with E-state index in [-0.39, 0.29) is 27.2 Å². The second-order valence-electron chi connectivity index (χ2n) is 11.4. The van der Waals surface area contributed by atoms with E-state index in [0.29, 0.717) is 16.9 Å². The number of carbonyl (C=O) groups is 2. The maximum atomic E-state index is 13.2. The lowest BCUT2D eigenvalue weighted by Crippen LogP contribution is -2.32. The van der Waals surface area contributed by atoms with E-state index >= 15 is 0 Å². The summed E-state index contributed by atoms with van der Waals surface area (Å²) in [5.74, 6) is -1.45. The molecule has 0 aliphatic heterocycles. The monoisotopic (exact) mass is 604 g/mol. The largest absolute Gasteiger partial charge is 0.449 e. The second kappa shape index (κ2) is 11.9. The number of benzene rings is 3. The summed E-state index contributed by atoms with van der Waals surface area (Å²) in [7, 11) is -2.19. The van der Waals surface area contributed by atoms with Crippen LogP contribution >= 0.6 is 0 Å². The molecule has 4 aromatic rings. The van der Waals surface area contributed by atoms with E-state index in [1.54, 1.807) is 62.0 Å². The van der Waals surface area contributed by atoms with Gasteiger partial charge in [0, 0.05) is 12.7 Å². The first-order valence-electron chi connectivity index (χ1n) is 13.7. The summed E-state index contributed by atoms with van der Waals surface area (Å²) in [4.78, 5) is 38.9. The molecule has 0 bridgehead atoms. The van der Waals surface area contributed by atoms with Gasteiger partial charge < -0.3 is 10.1 Å². The Bertz CT molecular complexity index is 1830. The fourth-order valence-corrected chi connectivity index (χ4v) is 5.79. The van der Waals surface area contributed by atoms with Crippen LogP contribution in [0.25, 0.3) is 5.69 Å². The first-order valence-corrected chi connectivity index (χ1v) is 15.2. The standard InChI is InChI=1S/C32H36N4O6S/c1-20-13-16-24(32(4,5)6)19-27(20)43(40,41)34-25-17-14-23(15-18-25)31(39)42-22(3)29(37)33-28-21(2)35(7)36(30(28)38)26-11-9-8-10-12-26/h8-19,22,34H,1-7H3,(H,33,37). The van der Waals surface area contributed by atoms with Crippen LogP contribution in [-0.4, -0.2) is 35.8 Å². The maximum absolute atomic E-state index is 13.2. The number of para-hydroxylation sites is 1. The van der Waals surface area contributed by atoms with Gasteiger partial charge in [0.25, 0.3) is 21.5 Å². The van der Waals surface area contributed by atoms with Crippen LogP contribution in [0.3, 0.4) is 0 Å². The smallest absolute Gasteiger partial charge is 0.338 e. The summed E-state index contributed by atoms with van der Waals surface area (Å²) in [6.45, 7) is 10.9. The van der Waals surface area contributed by atoms with Crippen molar-refractivity contribution in [1.82, 2.24) is 9.36 Å². The summed E-state index contributed by atoms with van der Waals surface area (Å²) < 4.78 is 37.3. The van der Waals surface area contributed by atoms with E-state index < -0.39 is 33.6 Å². The van der Waals surface area contributed by atoms with Gasteiger partial charge in [-0.15, -0.1) is 0 Å². The van der Waals surface area contributed by atoms with E-state index in [1.165, 1.54) is 35.9 Å². The molecule has 4 rings (SSSR count). The Morgan fingerprint density at radius 1 is 0.930 bits per heavy atom. The lowest BCUT2D eigenvalue weighted by molar-refractivity contribution is -0.123. The van der Waals surface area contributed by atoms with Crippen molar-refractivity contribution in [3.8, 4) is 5.69 Å². The SMILES string of the molecule is Cc1ccc(C(C)(C)C)cc1S(=O)(=O)Nc1ccc(C(=O)OC(C)C(=O)Nc2c(C)n(C)n(-c3ccccc3)c2=O)cc1. The Balaban J connectivity index is 1.43. The summed E-state index contributed by atoms with van der Waals surface area (Å²) in [6, 6.07) is 20.1. The first kappa shape index (κ1) is 31.3. The molecule has 0 aliphatic rings. The summed E-state index contributed by atoms with van der Waals surface area (Å²) in [6.07, 6.45) is -1.21. The molecule has 0 saturated carbocycles. The Morgan fingerprint density at radius 3 is 2.16 bits per heavy atom. The second-order valence-corrected chi connectivity index (χ2v) is 13.0. The van der Waals surface area contributed by atoms with Crippen molar-refractivity contribution >= 4 is 33.3 Å². The molecule has 3 aromatic carbocycles. The number of amides is 1. The van der Waals surface area contributed by atoms with Gasteiger partial charge in [0.1, 0.15) is 5.69 Å². The van der Waals surface area contributed by atoms with Gasteiger partial charge in [0.05, 0.1) is 21.8 Å². The Morgan fingerprint density at radius 2 is 1.56 bits per heavy atom. The molecule has 0 spiro atoms. The zero-order valence-corrected chi connectivity index (χ0v) is 26.1. The number of sulfonamides is 1. The van der Waals surface area contributed by atoms with Gasteiger partial charge in [-0.25, -0.2) is 17.9 Å². The number of rotatable bonds is 8. The average molecular weight is 605 g/mol. The minimum atomic E-state index is -3.89. The van der Waals surface area contributed by atoms with E-state index in [4.69, 9.17) is 4.74 Å². The molecule has 0 saturated heterocycles. The molecule has 226 valence electrons. The molecule has 1 atom stereocenters. The van der Waals surface area contributed by atoms with Gasteiger partial charge >= 0.3 is 5.97 Å². The number of aryl methyl sites for hydroxylation is 1. The van der Waals surface area contributed by atoms with Crippen molar-refractivity contribution in [2.75, 3.05) is 10.0 Å². The Labute approximate surface area is 251 Å². The molecule has 43 heavy (non-hydrogen) atoms. The van der Waals surface area contributed by atoms with Gasteiger partial charge in [0.2, 0.25) is 0 Å². The molecule has 0 radical (unpaired) electrons. The number of anilines is 2. The number of carbonyl (C=O) groups excluding carboxylic acids is 2. The van der Waals surface area contributed by atoms with Crippen LogP contribution in [0.4, 0.5) is 11.4 Å². The quantitative estimate of drug-likeness (QED) is 0.270.